The first-order chi connectivity index (χ1) is 17.6. The maximum absolute atomic E-state index is 13.3. The summed E-state index contributed by atoms with van der Waals surface area (Å²) >= 11 is 1.32. The van der Waals surface area contributed by atoms with Crippen molar-refractivity contribution in [3.05, 3.63) is 71.9 Å². The van der Waals surface area contributed by atoms with Crippen molar-refractivity contribution in [1.82, 2.24) is 19.1 Å². The van der Waals surface area contributed by atoms with Gasteiger partial charge in [-0.3, -0.25) is 14.7 Å². The van der Waals surface area contributed by atoms with Crippen molar-refractivity contribution in [2.24, 2.45) is 0 Å². The molecule has 2 aromatic carbocycles. The lowest BCUT2D eigenvalue weighted by molar-refractivity contribution is -0.137. The molecule has 0 radical (unpaired) electrons. The van der Waals surface area contributed by atoms with Crippen molar-refractivity contribution in [3.8, 4) is 0 Å². The van der Waals surface area contributed by atoms with Gasteiger partial charge in [0.15, 0.2) is 0 Å². The molecule has 1 aromatic heterocycles. The largest absolute Gasteiger partial charge is 0.416 e. The molecule has 0 bridgehead atoms. The van der Waals surface area contributed by atoms with E-state index < -0.39 is 27.1 Å². The van der Waals surface area contributed by atoms with Crippen LogP contribution in [-0.4, -0.2) is 78.4 Å². The molecule has 12 heteroatoms. The van der Waals surface area contributed by atoms with Gasteiger partial charge in [0, 0.05) is 50.9 Å². The maximum atomic E-state index is 13.3. The first kappa shape index (κ1) is 26.0. The van der Waals surface area contributed by atoms with Gasteiger partial charge in [0.2, 0.25) is 15.9 Å². The Balaban J connectivity index is 1.22. The summed E-state index contributed by atoms with van der Waals surface area (Å²) < 4.78 is 67.7. The Morgan fingerprint density at radius 2 is 1.70 bits per heavy atom. The average Bonchev–Trinajstić information content (AvgIpc) is 3.27. The molecule has 0 unspecified atom stereocenters. The van der Waals surface area contributed by atoms with Crippen LogP contribution in [0.15, 0.2) is 65.7 Å². The molecule has 2 aliphatic heterocycles. The number of benzene rings is 2. The Morgan fingerprint density at radius 1 is 0.973 bits per heavy atom. The van der Waals surface area contributed by atoms with Crippen LogP contribution in [0, 0.1) is 0 Å². The number of hydrogen-bond acceptors (Lipinski definition) is 6. The number of thioether (sulfide) groups is 1. The van der Waals surface area contributed by atoms with E-state index in [-0.39, 0.29) is 16.6 Å². The number of alkyl halides is 3. The van der Waals surface area contributed by atoms with E-state index in [4.69, 9.17) is 0 Å². The number of para-hydroxylation sites is 1. The summed E-state index contributed by atoms with van der Waals surface area (Å²) in [5.41, 5.74) is 0.159. The summed E-state index contributed by atoms with van der Waals surface area (Å²) in [4.78, 5) is 20.7. The van der Waals surface area contributed by atoms with Crippen LogP contribution in [-0.2, 0) is 21.0 Å². The van der Waals surface area contributed by atoms with Crippen LogP contribution < -0.4 is 0 Å². The molecule has 3 aromatic rings. The second-order valence-corrected chi connectivity index (χ2v) is 11.9. The number of nitrogens with zero attached hydrogens (tertiary/aromatic N) is 4. The molecular weight excluding hydrogens is 525 g/mol. The fourth-order valence-electron chi connectivity index (χ4n) is 4.71. The number of amides is 1. The number of halogens is 3. The highest BCUT2D eigenvalue weighted by atomic mass is 32.2. The van der Waals surface area contributed by atoms with Crippen molar-refractivity contribution in [2.75, 3.05) is 45.0 Å². The van der Waals surface area contributed by atoms with Crippen LogP contribution in [0.1, 0.15) is 16.5 Å². The summed E-state index contributed by atoms with van der Waals surface area (Å²) in [5, 5.41) is 0.279. The lowest BCUT2D eigenvalue weighted by Crippen LogP contribution is -2.50. The molecule has 0 N–H and O–H groups in total. The Hall–Kier alpha value is -2.67. The van der Waals surface area contributed by atoms with Crippen molar-refractivity contribution >= 4 is 38.6 Å². The quantitative estimate of drug-likeness (QED) is 0.465. The molecule has 5 rings (SSSR count). The minimum atomic E-state index is -4.45. The highest BCUT2D eigenvalue weighted by Gasteiger charge is 2.36. The zero-order valence-electron chi connectivity index (χ0n) is 19.8. The van der Waals surface area contributed by atoms with Gasteiger partial charge in [-0.15, -0.1) is 11.8 Å². The van der Waals surface area contributed by atoms with E-state index in [1.54, 1.807) is 35.4 Å². The van der Waals surface area contributed by atoms with Gasteiger partial charge in [-0.2, -0.15) is 17.5 Å². The SMILES string of the molecule is O=C1CS[C@@H](c2cccc(C(F)(F)F)c2)N1CCN1CCN(S(=O)(=O)c2cccc3cccnc23)CC1. The van der Waals surface area contributed by atoms with Crippen LogP contribution in [0.2, 0.25) is 0 Å². The minimum absolute atomic E-state index is 0.114. The molecule has 37 heavy (non-hydrogen) atoms. The lowest BCUT2D eigenvalue weighted by atomic mass is 10.1. The summed E-state index contributed by atoms with van der Waals surface area (Å²) in [7, 11) is -3.73. The second-order valence-electron chi connectivity index (χ2n) is 8.95. The van der Waals surface area contributed by atoms with E-state index >= 15 is 0 Å². The van der Waals surface area contributed by atoms with Crippen molar-refractivity contribution in [1.29, 1.82) is 0 Å². The number of piperazine rings is 1. The molecular formula is C25H25F3N4O3S2. The summed E-state index contributed by atoms with van der Waals surface area (Å²) in [5.74, 6) is 0.100. The monoisotopic (exact) mass is 550 g/mol. The smallest absolute Gasteiger partial charge is 0.325 e. The molecule has 2 aliphatic rings. The first-order valence-corrected chi connectivity index (χ1v) is 14.3. The highest BCUT2D eigenvalue weighted by Crippen LogP contribution is 2.40. The standard InChI is InChI=1S/C25H25F3N4O3S2/c26-25(27,28)20-7-1-5-19(16-20)24-32(22(33)17-36-24)15-12-30-10-13-31(14-11-30)37(34,35)21-8-2-4-18-6-3-9-29-23(18)21/h1-9,16,24H,10-15,17H2/t24-/m0/s1. The Bertz CT molecular complexity index is 1400. The van der Waals surface area contributed by atoms with Crippen LogP contribution >= 0.6 is 11.8 Å². The third-order valence-electron chi connectivity index (χ3n) is 6.67. The van der Waals surface area contributed by atoms with Gasteiger partial charge in [-0.05, 0) is 29.8 Å². The number of hydrogen-bond donors (Lipinski definition) is 0. The van der Waals surface area contributed by atoms with E-state index in [2.05, 4.69) is 9.88 Å². The predicted molar refractivity (Wildman–Crippen MR) is 135 cm³/mol. The van der Waals surface area contributed by atoms with Gasteiger partial charge in [-0.1, -0.05) is 30.3 Å². The van der Waals surface area contributed by atoms with E-state index in [0.29, 0.717) is 50.3 Å². The Kier molecular flexibility index (Phi) is 7.18. The van der Waals surface area contributed by atoms with E-state index in [9.17, 15) is 26.4 Å². The topological polar surface area (TPSA) is 73.8 Å². The zero-order valence-corrected chi connectivity index (χ0v) is 21.4. The summed E-state index contributed by atoms with van der Waals surface area (Å²) in [6.07, 6.45) is -2.87. The van der Waals surface area contributed by atoms with Crippen molar-refractivity contribution in [3.63, 3.8) is 0 Å². The predicted octanol–water partition coefficient (Wildman–Crippen LogP) is 3.83. The van der Waals surface area contributed by atoms with Gasteiger partial charge >= 0.3 is 6.18 Å². The number of sulfonamides is 1. The van der Waals surface area contributed by atoms with Gasteiger partial charge in [0.05, 0.1) is 16.8 Å². The van der Waals surface area contributed by atoms with Gasteiger partial charge in [0.25, 0.3) is 0 Å². The third kappa shape index (κ3) is 5.33. The maximum Gasteiger partial charge on any atom is 0.416 e. The number of carbonyl (C=O) groups is 1. The van der Waals surface area contributed by atoms with E-state index in [1.165, 1.54) is 22.1 Å². The third-order valence-corrected chi connectivity index (χ3v) is 9.86. The molecule has 1 atom stereocenters. The van der Waals surface area contributed by atoms with Gasteiger partial charge in [0.1, 0.15) is 10.3 Å². The fraction of sp³-hybridized carbons (Fsp3) is 0.360. The summed E-state index contributed by atoms with van der Waals surface area (Å²) in [6.45, 7) is 2.43. The number of fused-ring (bicyclic) bond motifs is 1. The molecule has 0 spiro atoms. The molecule has 0 saturated carbocycles. The summed E-state index contributed by atoms with van der Waals surface area (Å²) in [6, 6.07) is 13.8. The molecule has 0 aliphatic carbocycles. The van der Waals surface area contributed by atoms with Crippen LogP contribution in [0.4, 0.5) is 13.2 Å². The lowest BCUT2D eigenvalue weighted by Gasteiger charge is -2.35. The minimum Gasteiger partial charge on any atom is -0.325 e. The molecule has 1 amide bonds. The van der Waals surface area contributed by atoms with Crippen LogP contribution in [0.3, 0.4) is 0 Å². The van der Waals surface area contributed by atoms with Gasteiger partial charge in [-0.25, -0.2) is 8.42 Å². The van der Waals surface area contributed by atoms with E-state index in [1.807, 2.05) is 12.1 Å². The molecule has 196 valence electrons. The fourth-order valence-corrected chi connectivity index (χ4v) is 7.50. The highest BCUT2D eigenvalue weighted by molar-refractivity contribution is 8.00. The molecule has 2 saturated heterocycles. The molecule has 3 heterocycles. The average molecular weight is 551 g/mol. The van der Waals surface area contributed by atoms with Crippen molar-refractivity contribution < 1.29 is 26.4 Å². The molecule has 7 nitrogen and oxygen atoms in total. The second kappa shape index (κ2) is 10.2. The number of pyridine rings is 1. The van der Waals surface area contributed by atoms with Gasteiger partial charge < -0.3 is 4.90 Å². The normalized spacial score (nSPS) is 20.1. The van der Waals surface area contributed by atoms with Crippen LogP contribution in [0.25, 0.3) is 10.9 Å². The first-order valence-electron chi connectivity index (χ1n) is 11.8. The number of carbonyl (C=O) groups excluding carboxylic acids is 1. The number of rotatable bonds is 6. The number of aromatic nitrogens is 1. The van der Waals surface area contributed by atoms with Crippen LogP contribution in [0.5, 0.6) is 0 Å². The van der Waals surface area contributed by atoms with E-state index in [0.717, 1.165) is 17.5 Å². The van der Waals surface area contributed by atoms with Crippen molar-refractivity contribution in [2.45, 2.75) is 16.4 Å². The Labute approximate surface area is 217 Å². The zero-order chi connectivity index (χ0) is 26.2. The molecule has 2 fully saturated rings. The Morgan fingerprint density at radius 3 is 2.46 bits per heavy atom.